The van der Waals surface area contributed by atoms with Crippen molar-refractivity contribution in [3.05, 3.63) is 71.9 Å². The number of nitrogens with zero attached hydrogens (tertiary/aromatic N) is 2. The highest BCUT2D eigenvalue weighted by molar-refractivity contribution is 5.87. The Balaban J connectivity index is 1.63. The molecule has 1 aliphatic rings. The minimum atomic E-state index is -0.0367. The van der Waals surface area contributed by atoms with Gasteiger partial charge in [-0.15, -0.1) is 0 Å². The minimum Gasteiger partial charge on any atom is -0.496 e. The zero-order chi connectivity index (χ0) is 18.6. The quantitative estimate of drug-likeness (QED) is 0.776. The Morgan fingerprint density at radius 2 is 2.04 bits per heavy atom. The van der Waals surface area contributed by atoms with E-state index < -0.39 is 0 Å². The SMILES string of the molecule is COc1ccccc1C1CNCCN1C(=O)Cc1cccc2cccnc12. The molecule has 138 valence electrons. The number of hydrogen-bond acceptors (Lipinski definition) is 4. The van der Waals surface area contributed by atoms with Crippen LogP contribution in [-0.2, 0) is 11.2 Å². The van der Waals surface area contributed by atoms with Crippen LogP contribution < -0.4 is 10.1 Å². The second kappa shape index (κ2) is 7.76. The van der Waals surface area contributed by atoms with Gasteiger partial charge in [0.2, 0.25) is 5.91 Å². The lowest BCUT2D eigenvalue weighted by molar-refractivity contribution is -0.133. The Morgan fingerprint density at radius 1 is 1.19 bits per heavy atom. The van der Waals surface area contributed by atoms with E-state index in [1.807, 2.05) is 59.5 Å². The summed E-state index contributed by atoms with van der Waals surface area (Å²) in [5.41, 5.74) is 2.91. The fraction of sp³-hybridized carbons (Fsp3) is 0.273. The number of carbonyl (C=O) groups excluding carboxylic acids is 1. The van der Waals surface area contributed by atoms with Crippen LogP contribution in [0.5, 0.6) is 5.75 Å². The summed E-state index contributed by atoms with van der Waals surface area (Å²) in [7, 11) is 1.67. The predicted molar refractivity (Wildman–Crippen MR) is 106 cm³/mol. The van der Waals surface area contributed by atoms with Crippen LogP contribution in [0.2, 0.25) is 0 Å². The van der Waals surface area contributed by atoms with Gasteiger partial charge >= 0.3 is 0 Å². The molecule has 0 bridgehead atoms. The maximum Gasteiger partial charge on any atom is 0.227 e. The summed E-state index contributed by atoms with van der Waals surface area (Å²) in [4.78, 5) is 19.7. The van der Waals surface area contributed by atoms with E-state index in [1.54, 1.807) is 13.3 Å². The molecule has 0 spiro atoms. The molecule has 0 radical (unpaired) electrons. The van der Waals surface area contributed by atoms with Gasteiger partial charge in [0.05, 0.1) is 25.1 Å². The highest BCUT2D eigenvalue weighted by Gasteiger charge is 2.29. The molecule has 27 heavy (non-hydrogen) atoms. The van der Waals surface area contributed by atoms with Crippen LogP contribution in [0.25, 0.3) is 10.9 Å². The molecule has 0 aliphatic carbocycles. The summed E-state index contributed by atoms with van der Waals surface area (Å²) in [6.45, 7) is 2.20. The monoisotopic (exact) mass is 361 g/mol. The summed E-state index contributed by atoms with van der Waals surface area (Å²) in [6, 6.07) is 17.8. The molecular weight excluding hydrogens is 338 g/mol. The standard InChI is InChI=1S/C22H23N3O2/c1-27-20-10-3-2-9-18(20)19-15-23-12-13-25(19)21(26)14-17-7-4-6-16-8-5-11-24-22(16)17/h2-11,19,23H,12-15H2,1H3. The molecule has 1 aromatic heterocycles. The van der Waals surface area contributed by atoms with Gasteiger partial charge in [-0.2, -0.15) is 0 Å². The molecule has 2 heterocycles. The van der Waals surface area contributed by atoms with Crippen LogP contribution in [-0.4, -0.2) is 42.5 Å². The van der Waals surface area contributed by atoms with Gasteiger partial charge in [0, 0.05) is 36.8 Å². The van der Waals surface area contributed by atoms with E-state index in [0.29, 0.717) is 13.0 Å². The number of para-hydroxylation sites is 2. The Kier molecular flexibility index (Phi) is 5.03. The first-order valence-corrected chi connectivity index (χ1v) is 9.23. The first kappa shape index (κ1) is 17.5. The third kappa shape index (κ3) is 3.51. The van der Waals surface area contributed by atoms with Crippen molar-refractivity contribution in [2.75, 3.05) is 26.7 Å². The van der Waals surface area contributed by atoms with E-state index in [4.69, 9.17) is 4.74 Å². The molecule has 3 aromatic rings. The van der Waals surface area contributed by atoms with Crippen molar-refractivity contribution >= 4 is 16.8 Å². The molecule has 1 saturated heterocycles. The third-order valence-electron chi connectivity index (χ3n) is 5.12. The second-order valence-electron chi connectivity index (χ2n) is 6.72. The average molecular weight is 361 g/mol. The Morgan fingerprint density at radius 3 is 2.93 bits per heavy atom. The maximum absolute atomic E-state index is 13.2. The van der Waals surface area contributed by atoms with Gasteiger partial charge in [0.15, 0.2) is 0 Å². The van der Waals surface area contributed by atoms with Gasteiger partial charge in [0.1, 0.15) is 5.75 Å². The van der Waals surface area contributed by atoms with E-state index >= 15 is 0 Å². The van der Waals surface area contributed by atoms with Crippen LogP contribution >= 0.6 is 0 Å². The molecule has 1 atom stereocenters. The summed E-state index contributed by atoms with van der Waals surface area (Å²) < 4.78 is 5.53. The molecule has 0 saturated carbocycles. The van der Waals surface area contributed by atoms with E-state index in [0.717, 1.165) is 40.9 Å². The fourth-order valence-corrected chi connectivity index (χ4v) is 3.80. The normalized spacial score (nSPS) is 17.1. The molecular formula is C22H23N3O2. The summed E-state index contributed by atoms with van der Waals surface area (Å²) in [6.07, 6.45) is 2.12. The van der Waals surface area contributed by atoms with Crippen molar-refractivity contribution in [2.24, 2.45) is 0 Å². The van der Waals surface area contributed by atoms with Crippen molar-refractivity contribution in [1.29, 1.82) is 0 Å². The van der Waals surface area contributed by atoms with E-state index in [2.05, 4.69) is 10.3 Å². The number of nitrogens with one attached hydrogen (secondary N) is 1. The number of hydrogen-bond donors (Lipinski definition) is 1. The number of rotatable bonds is 4. The summed E-state index contributed by atoms with van der Waals surface area (Å²) in [5, 5.41) is 4.46. The first-order valence-electron chi connectivity index (χ1n) is 9.23. The molecule has 5 heteroatoms. The second-order valence-corrected chi connectivity index (χ2v) is 6.72. The van der Waals surface area contributed by atoms with Crippen LogP contribution in [0.3, 0.4) is 0 Å². The first-order chi connectivity index (χ1) is 13.3. The average Bonchev–Trinajstić information content (AvgIpc) is 2.74. The van der Waals surface area contributed by atoms with Gasteiger partial charge in [0.25, 0.3) is 0 Å². The largest absolute Gasteiger partial charge is 0.496 e. The lowest BCUT2D eigenvalue weighted by Crippen LogP contribution is -2.49. The lowest BCUT2D eigenvalue weighted by Gasteiger charge is -2.37. The molecule has 1 N–H and O–H groups in total. The number of amides is 1. The van der Waals surface area contributed by atoms with Gasteiger partial charge in [-0.1, -0.05) is 42.5 Å². The van der Waals surface area contributed by atoms with Gasteiger partial charge in [-0.25, -0.2) is 0 Å². The molecule has 1 unspecified atom stereocenters. The smallest absolute Gasteiger partial charge is 0.227 e. The summed E-state index contributed by atoms with van der Waals surface area (Å²) in [5.74, 6) is 0.932. The molecule has 4 rings (SSSR count). The van der Waals surface area contributed by atoms with Gasteiger partial charge in [-0.3, -0.25) is 9.78 Å². The Labute approximate surface area is 159 Å². The number of aromatic nitrogens is 1. The molecule has 1 aliphatic heterocycles. The fourth-order valence-electron chi connectivity index (χ4n) is 3.80. The topological polar surface area (TPSA) is 54.5 Å². The number of benzene rings is 2. The molecule has 5 nitrogen and oxygen atoms in total. The number of methoxy groups -OCH3 is 1. The Bertz CT molecular complexity index is 952. The third-order valence-corrected chi connectivity index (χ3v) is 5.12. The zero-order valence-electron chi connectivity index (χ0n) is 15.4. The van der Waals surface area contributed by atoms with E-state index in [-0.39, 0.29) is 11.9 Å². The van der Waals surface area contributed by atoms with Crippen LogP contribution in [0.15, 0.2) is 60.8 Å². The van der Waals surface area contributed by atoms with Gasteiger partial charge < -0.3 is 15.0 Å². The van der Waals surface area contributed by atoms with Crippen LogP contribution in [0.4, 0.5) is 0 Å². The number of fused-ring (bicyclic) bond motifs is 1. The van der Waals surface area contributed by atoms with Crippen molar-refractivity contribution < 1.29 is 9.53 Å². The zero-order valence-corrected chi connectivity index (χ0v) is 15.4. The highest BCUT2D eigenvalue weighted by atomic mass is 16.5. The summed E-state index contributed by atoms with van der Waals surface area (Å²) >= 11 is 0. The molecule has 2 aromatic carbocycles. The lowest BCUT2D eigenvalue weighted by atomic mass is 10.00. The van der Waals surface area contributed by atoms with Crippen molar-refractivity contribution in [3.8, 4) is 5.75 Å². The van der Waals surface area contributed by atoms with E-state index in [1.165, 1.54) is 0 Å². The molecule has 1 amide bonds. The maximum atomic E-state index is 13.2. The Hall–Kier alpha value is -2.92. The van der Waals surface area contributed by atoms with Crippen LogP contribution in [0, 0.1) is 0 Å². The van der Waals surface area contributed by atoms with Crippen LogP contribution in [0.1, 0.15) is 17.2 Å². The van der Waals surface area contributed by atoms with E-state index in [9.17, 15) is 4.79 Å². The number of pyridine rings is 1. The number of ether oxygens (including phenoxy) is 1. The number of piperazine rings is 1. The minimum absolute atomic E-state index is 0.0367. The number of carbonyl (C=O) groups is 1. The predicted octanol–water partition coefficient (Wildman–Crippen LogP) is 2.96. The van der Waals surface area contributed by atoms with Crippen molar-refractivity contribution in [3.63, 3.8) is 0 Å². The van der Waals surface area contributed by atoms with Crippen molar-refractivity contribution in [1.82, 2.24) is 15.2 Å². The molecule has 1 fully saturated rings. The van der Waals surface area contributed by atoms with Gasteiger partial charge in [-0.05, 0) is 17.7 Å². The highest BCUT2D eigenvalue weighted by Crippen LogP contribution is 2.31. The van der Waals surface area contributed by atoms with Crippen molar-refractivity contribution in [2.45, 2.75) is 12.5 Å².